The van der Waals surface area contributed by atoms with Gasteiger partial charge in [0.25, 0.3) is 0 Å². The summed E-state index contributed by atoms with van der Waals surface area (Å²) in [5.74, 6) is 1.47. The van der Waals surface area contributed by atoms with E-state index in [1.54, 1.807) is 7.11 Å². The van der Waals surface area contributed by atoms with Crippen molar-refractivity contribution in [2.45, 2.75) is 32.3 Å². The SMILES string of the molecule is COc1cccc(OCC(O)CNCC2(C)CCC2)c1. The zero-order chi connectivity index (χ0) is 14.4. The minimum atomic E-state index is -0.495. The maximum absolute atomic E-state index is 9.91. The molecule has 4 nitrogen and oxygen atoms in total. The molecular formula is C16H25NO3. The highest BCUT2D eigenvalue weighted by Gasteiger charge is 2.31. The molecule has 0 aromatic heterocycles. The van der Waals surface area contributed by atoms with Crippen LogP contribution in [0.25, 0.3) is 0 Å². The van der Waals surface area contributed by atoms with Gasteiger partial charge in [-0.25, -0.2) is 0 Å². The standard InChI is InChI=1S/C16H25NO3/c1-16(7-4-8-16)12-17-10-13(18)11-20-15-6-3-5-14(9-15)19-2/h3,5-6,9,13,17-18H,4,7-8,10-12H2,1-2H3. The fourth-order valence-corrected chi connectivity index (χ4v) is 2.44. The number of hydrogen-bond donors (Lipinski definition) is 2. The van der Waals surface area contributed by atoms with Gasteiger partial charge in [-0.3, -0.25) is 0 Å². The van der Waals surface area contributed by atoms with Crippen LogP contribution in [0, 0.1) is 5.41 Å². The third kappa shape index (κ3) is 4.39. The molecule has 4 heteroatoms. The molecule has 112 valence electrons. The van der Waals surface area contributed by atoms with E-state index in [4.69, 9.17) is 9.47 Å². The average molecular weight is 279 g/mol. The van der Waals surface area contributed by atoms with Gasteiger partial charge in [0.1, 0.15) is 24.2 Å². The molecule has 20 heavy (non-hydrogen) atoms. The minimum absolute atomic E-state index is 0.289. The van der Waals surface area contributed by atoms with E-state index >= 15 is 0 Å². The molecule has 1 atom stereocenters. The zero-order valence-electron chi connectivity index (χ0n) is 12.4. The van der Waals surface area contributed by atoms with Crippen LogP contribution in [0.4, 0.5) is 0 Å². The van der Waals surface area contributed by atoms with E-state index in [0.29, 0.717) is 17.7 Å². The first-order chi connectivity index (χ1) is 9.61. The Labute approximate surface area is 121 Å². The zero-order valence-corrected chi connectivity index (χ0v) is 12.4. The van der Waals surface area contributed by atoms with Crippen molar-refractivity contribution < 1.29 is 14.6 Å². The summed E-state index contributed by atoms with van der Waals surface area (Å²) in [6.45, 7) is 4.13. The van der Waals surface area contributed by atoms with Gasteiger partial charge in [0, 0.05) is 19.2 Å². The molecule has 1 aliphatic rings. The van der Waals surface area contributed by atoms with E-state index in [0.717, 1.165) is 12.3 Å². The van der Waals surface area contributed by atoms with Crippen LogP contribution in [0.5, 0.6) is 11.5 Å². The number of methoxy groups -OCH3 is 1. The molecule has 1 saturated carbocycles. The number of hydrogen-bond acceptors (Lipinski definition) is 4. The molecule has 1 unspecified atom stereocenters. The van der Waals surface area contributed by atoms with Gasteiger partial charge in [-0.15, -0.1) is 0 Å². The van der Waals surface area contributed by atoms with Gasteiger partial charge in [-0.1, -0.05) is 19.4 Å². The van der Waals surface area contributed by atoms with Gasteiger partial charge in [0.05, 0.1) is 7.11 Å². The van der Waals surface area contributed by atoms with E-state index in [2.05, 4.69) is 12.2 Å². The van der Waals surface area contributed by atoms with E-state index in [1.165, 1.54) is 19.3 Å². The molecule has 1 fully saturated rings. The highest BCUT2D eigenvalue weighted by molar-refractivity contribution is 5.32. The summed E-state index contributed by atoms with van der Waals surface area (Å²) in [4.78, 5) is 0. The first-order valence-corrected chi connectivity index (χ1v) is 7.27. The second-order valence-corrected chi connectivity index (χ2v) is 5.94. The Hall–Kier alpha value is -1.26. The Morgan fingerprint density at radius 1 is 1.35 bits per heavy atom. The minimum Gasteiger partial charge on any atom is -0.497 e. The maximum atomic E-state index is 9.91. The largest absolute Gasteiger partial charge is 0.497 e. The quantitative estimate of drug-likeness (QED) is 0.766. The van der Waals surface area contributed by atoms with E-state index in [9.17, 15) is 5.11 Å². The molecule has 0 heterocycles. The smallest absolute Gasteiger partial charge is 0.123 e. The topological polar surface area (TPSA) is 50.7 Å². The Balaban J connectivity index is 1.65. The van der Waals surface area contributed by atoms with Crippen molar-refractivity contribution >= 4 is 0 Å². The molecular weight excluding hydrogens is 254 g/mol. The molecule has 0 radical (unpaired) electrons. The number of nitrogens with one attached hydrogen (secondary N) is 1. The lowest BCUT2D eigenvalue weighted by molar-refractivity contribution is 0.0945. The van der Waals surface area contributed by atoms with Crippen LogP contribution in [-0.4, -0.2) is 38.0 Å². The average Bonchev–Trinajstić information content (AvgIpc) is 2.43. The van der Waals surface area contributed by atoms with Crippen molar-refractivity contribution in [3.8, 4) is 11.5 Å². The van der Waals surface area contributed by atoms with E-state index in [-0.39, 0.29) is 6.61 Å². The summed E-state index contributed by atoms with van der Waals surface area (Å²) in [7, 11) is 1.62. The van der Waals surface area contributed by atoms with E-state index in [1.807, 2.05) is 24.3 Å². The Bertz CT molecular complexity index is 418. The van der Waals surface area contributed by atoms with Crippen molar-refractivity contribution in [1.82, 2.24) is 5.32 Å². The van der Waals surface area contributed by atoms with Gasteiger partial charge in [0.15, 0.2) is 0 Å². The fourth-order valence-electron chi connectivity index (χ4n) is 2.44. The Kier molecular flexibility index (Phi) is 5.26. The fraction of sp³-hybridized carbons (Fsp3) is 0.625. The van der Waals surface area contributed by atoms with Gasteiger partial charge in [0.2, 0.25) is 0 Å². The van der Waals surface area contributed by atoms with Crippen LogP contribution in [0.2, 0.25) is 0 Å². The summed E-state index contributed by atoms with van der Waals surface area (Å²) < 4.78 is 10.7. The third-order valence-corrected chi connectivity index (χ3v) is 3.98. The summed E-state index contributed by atoms with van der Waals surface area (Å²) in [6, 6.07) is 7.41. The monoisotopic (exact) mass is 279 g/mol. The molecule has 0 aliphatic heterocycles. The van der Waals surface area contributed by atoms with Gasteiger partial charge >= 0.3 is 0 Å². The van der Waals surface area contributed by atoms with E-state index < -0.39 is 6.10 Å². The highest BCUT2D eigenvalue weighted by Crippen LogP contribution is 2.39. The summed E-state index contributed by atoms with van der Waals surface area (Å²) >= 11 is 0. The van der Waals surface area contributed by atoms with Gasteiger partial charge in [-0.05, 0) is 30.4 Å². The molecule has 2 N–H and O–H groups in total. The van der Waals surface area contributed by atoms with Crippen molar-refractivity contribution in [3.63, 3.8) is 0 Å². The number of aliphatic hydroxyl groups excluding tert-OH is 1. The van der Waals surface area contributed by atoms with Gasteiger partial charge < -0.3 is 19.9 Å². The van der Waals surface area contributed by atoms with Crippen LogP contribution in [0.1, 0.15) is 26.2 Å². The molecule has 1 aromatic carbocycles. The van der Waals surface area contributed by atoms with Gasteiger partial charge in [-0.2, -0.15) is 0 Å². The lowest BCUT2D eigenvalue weighted by Gasteiger charge is -2.38. The van der Waals surface area contributed by atoms with Crippen LogP contribution in [-0.2, 0) is 0 Å². The van der Waals surface area contributed by atoms with Crippen LogP contribution in [0.15, 0.2) is 24.3 Å². The molecule has 0 bridgehead atoms. The summed E-state index contributed by atoms with van der Waals surface area (Å²) in [5, 5.41) is 13.2. The Morgan fingerprint density at radius 2 is 2.10 bits per heavy atom. The molecule has 1 aliphatic carbocycles. The van der Waals surface area contributed by atoms with Crippen molar-refractivity contribution in [2.75, 3.05) is 26.8 Å². The lowest BCUT2D eigenvalue weighted by Crippen LogP contribution is -2.41. The van der Waals surface area contributed by atoms with Crippen molar-refractivity contribution in [2.24, 2.45) is 5.41 Å². The van der Waals surface area contributed by atoms with Crippen LogP contribution in [0.3, 0.4) is 0 Å². The highest BCUT2D eigenvalue weighted by atomic mass is 16.5. The number of ether oxygens (including phenoxy) is 2. The van der Waals surface area contributed by atoms with Crippen LogP contribution >= 0.6 is 0 Å². The predicted molar refractivity (Wildman–Crippen MR) is 79.3 cm³/mol. The first-order valence-electron chi connectivity index (χ1n) is 7.27. The lowest BCUT2D eigenvalue weighted by atomic mass is 9.70. The summed E-state index contributed by atoms with van der Waals surface area (Å²) in [6.07, 6.45) is 3.41. The molecule has 0 spiro atoms. The first kappa shape index (κ1) is 15.1. The van der Waals surface area contributed by atoms with Crippen molar-refractivity contribution in [1.29, 1.82) is 0 Å². The predicted octanol–water partition coefficient (Wildman–Crippen LogP) is 2.21. The third-order valence-electron chi connectivity index (χ3n) is 3.98. The number of benzene rings is 1. The van der Waals surface area contributed by atoms with Crippen LogP contribution < -0.4 is 14.8 Å². The number of rotatable bonds is 8. The second-order valence-electron chi connectivity index (χ2n) is 5.94. The molecule has 0 amide bonds. The molecule has 1 aromatic rings. The maximum Gasteiger partial charge on any atom is 0.123 e. The second kappa shape index (κ2) is 6.95. The Morgan fingerprint density at radius 3 is 2.75 bits per heavy atom. The summed E-state index contributed by atoms with van der Waals surface area (Å²) in [5.41, 5.74) is 0.438. The molecule has 2 rings (SSSR count). The molecule has 0 saturated heterocycles. The number of aliphatic hydroxyl groups is 1. The van der Waals surface area contributed by atoms with Crippen molar-refractivity contribution in [3.05, 3.63) is 24.3 Å². The normalized spacial score (nSPS) is 18.1.